The molecular formula is C16H26N2O. The second-order valence-corrected chi connectivity index (χ2v) is 5.26. The highest BCUT2D eigenvalue weighted by atomic mass is 16.1. The van der Waals surface area contributed by atoms with Crippen molar-refractivity contribution in [2.24, 2.45) is 5.92 Å². The van der Waals surface area contributed by atoms with Gasteiger partial charge in [-0.1, -0.05) is 27.2 Å². The molecule has 0 saturated heterocycles. The maximum Gasteiger partial charge on any atom is 0.221 e. The highest BCUT2D eigenvalue weighted by molar-refractivity contribution is 5.88. The molecule has 2 atom stereocenters. The Morgan fingerprint density at radius 1 is 1.11 bits per heavy atom. The van der Waals surface area contributed by atoms with E-state index in [1.807, 2.05) is 24.3 Å². The van der Waals surface area contributed by atoms with Crippen molar-refractivity contribution in [1.29, 1.82) is 0 Å². The molecule has 0 aliphatic rings. The lowest BCUT2D eigenvalue weighted by Crippen LogP contribution is -2.21. The molecule has 106 valence electrons. The van der Waals surface area contributed by atoms with Crippen LogP contribution in [0.3, 0.4) is 0 Å². The van der Waals surface area contributed by atoms with Gasteiger partial charge in [-0.15, -0.1) is 0 Å². The van der Waals surface area contributed by atoms with Crippen molar-refractivity contribution in [3.63, 3.8) is 0 Å². The molecule has 0 aliphatic carbocycles. The molecule has 2 N–H and O–H groups in total. The van der Waals surface area contributed by atoms with Crippen LogP contribution in [-0.2, 0) is 4.79 Å². The van der Waals surface area contributed by atoms with E-state index in [2.05, 4.69) is 31.4 Å². The molecular weight excluding hydrogens is 236 g/mol. The van der Waals surface area contributed by atoms with Gasteiger partial charge in [0.05, 0.1) is 0 Å². The molecule has 0 saturated carbocycles. The van der Waals surface area contributed by atoms with Crippen LogP contribution in [0.4, 0.5) is 11.4 Å². The zero-order chi connectivity index (χ0) is 14.3. The Labute approximate surface area is 116 Å². The Bertz CT molecular complexity index is 386. The van der Waals surface area contributed by atoms with Crippen LogP contribution in [0.15, 0.2) is 24.3 Å². The van der Waals surface area contributed by atoms with Gasteiger partial charge in [0, 0.05) is 24.3 Å². The minimum atomic E-state index is -0.0380. The topological polar surface area (TPSA) is 41.1 Å². The van der Waals surface area contributed by atoms with Crippen LogP contribution in [-0.4, -0.2) is 11.9 Å². The van der Waals surface area contributed by atoms with Gasteiger partial charge < -0.3 is 10.6 Å². The Morgan fingerprint density at radius 3 is 2.16 bits per heavy atom. The summed E-state index contributed by atoms with van der Waals surface area (Å²) in [7, 11) is 0. The zero-order valence-electron chi connectivity index (χ0n) is 12.5. The van der Waals surface area contributed by atoms with Crippen LogP contribution < -0.4 is 10.6 Å². The summed E-state index contributed by atoms with van der Waals surface area (Å²) in [6.45, 7) is 8.26. The average Bonchev–Trinajstić information content (AvgIpc) is 2.39. The molecule has 0 bridgehead atoms. The molecule has 3 heteroatoms. The van der Waals surface area contributed by atoms with E-state index in [4.69, 9.17) is 0 Å². The van der Waals surface area contributed by atoms with E-state index in [9.17, 15) is 4.79 Å². The van der Waals surface area contributed by atoms with Crippen molar-refractivity contribution in [1.82, 2.24) is 0 Å². The van der Waals surface area contributed by atoms with E-state index in [0.717, 1.165) is 23.7 Å². The van der Waals surface area contributed by atoms with Crippen LogP contribution >= 0.6 is 0 Å². The van der Waals surface area contributed by atoms with E-state index in [-0.39, 0.29) is 5.91 Å². The van der Waals surface area contributed by atoms with Gasteiger partial charge >= 0.3 is 0 Å². The van der Waals surface area contributed by atoms with Crippen LogP contribution in [0.25, 0.3) is 0 Å². The summed E-state index contributed by atoms with van der Waals surface area (Å²) in [4.78, 5) is 10.9. The molecule has 1 rings (SSSR count). The van der Waals surface area contributed by atoms with Gasteiger partial charge in [0.1, 0.15) is 0 Å². The van der Waals surface area contributed by atoms with Crippen LogP contribution in [0.2, 0.25) is 0 Å². The summed E-state index contributed by atoms with van der Waals surface area (Å²) < 4.78 is 0. The van der Waals surface area contributed by atoms with Crippen molar-refractivity contribution in [2.75, 3.05) is 10.6 Å². The van der Waals surface area contributed by atoms with E-state index in [1.54, 1.807) is 0 Å². The fraction of sp³-hybridized carbons (Fsp3) is 0.562. The first-order chi connectivity index (χ1) is 9.05. The average molecular weight is 262 g/mol. The first kappa shape index (κ1) is 15.5. The van der Waals surface area contributed by atoms with Gasteiger partial charge in [-0.3, -0.25) is 4.79 Å². The number of carbonyl (C=O) groups is 1. The summed E-state index contributed by atoms with van der Waals surface area (Å²) >= 11 is 0. The molecule has 1 amide bonds. The quantitative estimate of drug-likeness (QED) is 0.770. The normalized spacial score (nSPS) is 13.7. The highest BCUT2D eigenvalue weighted by Gasteiger charge is 2.10. The van der Waals surface area contributed by atoms with Crippen LogP contribution in [0.5, 0.6) is 0 Å². The maximum absolute atomic E-state index is 10.9. The molecule has 1 aromatic rings. The number of benzene rings is 1. The standard InChI is InChI=1S/C16H26N2O/c1-5-12(3)11-14(6-2)18-16-9-7-15(8-10-16)17-13(4)19/h7-10,12,14,18H,5-6,11H2,1-4H3,(H,17,19). The lowest BCUT2D eigenvalue weighted by Gasteiger charge is -2.21. The highest BCUT2D eigenvalue weighted by Crippen LogP contribution is 2.19. The maximum atomic E-state index is 10.9. The second kappa shape index (κ2) is 7.82. The van der Waals surface area contributed by atoms with Crippen molar-refractivity contribution in [2.45, 2.75) is 53.0 Å². The molecule has 1 aromatic carbocycles. The molecule has 0 aromatic heterocycles. The van der Waals surface area contributed by atoms with E-state index < -0.39 is 0 Å². The minimum Gasteiger partial charge on any atom is -0.382 e. The van der Waals surface area contributed by atoms with Gasteiger partial charge in [-0.05, 0) is 43.0 Å². The van der Waals surface area contributed by atoms with E-state index >= 15 is 0 Å². The molecule has 0 radical (unpaired) electrons. The van der Waals surface area contributed by atoms with Gasteiger partial charge in [-0.2, -0.15) is 0 Å². The summed E-state index contributed by atoms with van der Waals surface area (Å²) in [6, 6.07) is 8.41. The Kier molecular flexibility index (Phi) is 6.40. The van der Waals surface area contributed by atoms with Crippen molar-refractivity contribution < 1.29 is 4.79 Å². The number of nitrogens with one attached hydrogen (secondary N) is 2. The summed E-state index contributed by atoms with van der Waals surface area (Å²) in [5.41, 5.74) is 1.96. The van der Waals surface area contributed by atoms with Crippen molar-refractivity contribution in [3.8, 4) is 0 Å². The first-order valence-corrected chi connectivity index (χ1v) is 7.19. The molecule has 2 unspecified atom stereocenters. The smallest absolute Gasteiger partial charge is 0.221 e. The van der Waals surface area contributed by atoms with Gasteiger partial charge in [-0.25, -0.2) is 0 Å². The fourth-order valence-corrected chi connectivity index (χ4v) is 2.07. The first-order valence-electron chi connectivity index (χ1n) is 7.19. The molecule has 0 fully saturated rings. The fourth-order valence-electron chi connectivity index (χ4n) is 2.07. The number of anilines is 2. The molecule has 0 spiro atoms. The Morgan fingerprint density at radius 2 is 1.68 bits per heavy atom. The number of hydrogen-bond donors (Lipinski definition) is 2. The predicted octanol–water partition coefficient (Wildman–Crippen LogP) is 4.27. The van der Waals surface area contributed by atoms with E-state index in [0.29, 0.717) is 6.04 Å². The third-order valence-corrected chi connectivity index (χ3v) is 3.45. The number of rotatable bonds is 7. The largest absolute Gasteiger partial charge is 0.382 e. The minimum absolute atomic E-state index is 0.0380. The van der Waals surface area contributed by atoms with Crippen molar-refractivity contribution >= 4 is 17.3 Å². The van der Waals surface area contributed by atoms with E-state index in [1.165, 1.54) is 19.8 Å². The molecule has 0 heterocycles. The van der Waals surface area contributed by atoms with Gasteiger partial charge in [0.15, 0.2) is 0 Å². The van der Waals surface area contributed by atoms with Crippen LogP contribution in [0, 0.1) is 5.92 Å². The third-order valence-electron chi connectivity index (χ3n) is 3.45. The lowest BCUT2D eigenvalue weighted by atomic mass is 9.97. The second-order valence-electron chi connectivity index (χ2n) is 5.26. The van der Waals surface area contributed by atoms with Crippen molar-refractivity contribution in [3.05, 3.63) is 24.3 Å². The Balaban J connectivity index is 2.57. The lowest BCUT2D eigenvalue weighted by molar-refractivity contribution is -0.114. The Hall–Kier alpha value is -1.51. The van der Waals surface area contributed by atoms with Gasteiger partial charge in [0.2, 0.25) is 5.91 Å². The molecule has 0 aliphatic heterocycles. The summed E-state index contributed by atoms with van der Waals surface area (Å²) in [6.07, 6.45) is 3.54. The van der Waals surface area contributed by atoms with Crippen LogP contribution in [0.1, 0.15) is 47.0 Å². The third kappa shape index (κ3) is 5.77. The summed E-state index contributed by atoms with van der Waals surface area (Å²) in [5.74, 6) is 0.708. The molecule has 3 nitrogen and oxygen atoms in total. The number of carbonyl (C=O) groups excluding carboxylic acids is 1. The molecule has 19 heavy (non-hydrogen) atoms. The van der Waals surface area contributed by atoms with Gasteiger partial charge in [0.25, 0.3) is 0 Å². The summed E-state index contributed by atoms with van der Waals surface area (Å²) in [5, 5.41) is 6.34. The predicted molar refractivity (Wildman–Crippen MR) is 82.5 cm³/mol. The zero-order valence-corrected chi connectivity index (χ0v) is 12.5. The number of hydrogen-bond acceptors (Lipinski definition) is 2. The monoisotopic (exact) mass is 262 g/mol. The number of amides is 1. The SMILES string of the molecule is CCC(C)CC(CC)Nc1ccc(NC(C)=O)cc1.